The van der Waals surface area contributed by atoms with Crippen LogP contribution in [0.4, 0.5) is 0 Å². The number of amides is 1. The van der Waals surface area contributed by atoms with Crippen molar-refractivity contribution in [2.45, 2.75) is 44.8 Å². The van der Waals surface area contributed by atoms with Crippen molar-refractivity contribution in [3.8, 4) is 0 Å². The van der Waals surface area contributed by atoms with Crippen LogP contribution in [0.2, 0.25) is 0 Å². The third kappa shape index (κ3) is 4.56. The van der Waals surface area contributed by atoms with Crippen molar-refractivity contribution < 1.29 is 4.79 Å². The Labute approximate surface area is 139 Å². The smallest absolute Gasteiger partial charge is 0.251 e. The molecule has 5 nitrogen and oxygen atoms in total. The van der Waals surface area contributed by atoms with E-state index >= 15 is 0 Å². The summed E-state index contributed by atoms with van der Waals surface area (Å²) in [6.45, 7) is 2.73. The van der Waals surface area contributed by atoms with Crippen molar-refractivity contribution in [1.29, 1.82) is 0 Å². The Morgan fingerprint density at radius 1 is 1.48 bits per heavy atom. The summed E-state index contributed by atoms with van der Waals surface area (Å²) in [5, 5.41) is 0. The standard InChI is InChI=1S/C14H20BrN3O2.ClH/c1-10(16)12-4-2-3-7-18(12)14(20)9-17-8-11(15)5-6-13(17)19;/h5-6,8,10,12H,2-4,7,9,16H2,1H3;1H. The van der Waals surface area contributed by atoms with Gasteiger partial charge in [-0.25, -0.2) is 0 Å². The van der Waals surface area contributed by atoms with E-state index in [0.717, 1.165) is 30.3 Å². The maximum absolute atomic E-state index is 12.4. The highest BCUT2D eigenvalue weighted by molar-refractivity contribution is 9.10. The number of likely N-dealkylation sites (tertiary alicyclic amines) is 1. The van der Waals surface area contributed by atoms with Crippen molar-refractivity contribution in [2.75, 3.05) is 6.54 Å². The predicted molar refractivity (Wildman–Crippen MR) is 88.7 cm³/mol. The first-order valence-electron chi connectivity index (χ1n) is 6.90. The Hall–Kier alpha value is -0.850. The second kappa shape index (κ2) is 7.96. The van der Waals surface area contributed by atoms with Crippen LogP contribution in [-0.2, 0) is 11.3 Å². The number of hydrogen-bond acceptors (Lipinski definition) is 3. The van der Waals surface area contributed by atoms with E-state index in [2.05, 4.69) is 15.9 Å². The number of nitrogens with zero attached hydrogens (tertiary/aromatic N) is 2. The number of aromatic nitrogens is 1. The van der Waals surface area contributed by atoms with Crippen molar-refractivity contribution in [2.24, 2.45) is 5.73 Å². The number of halogens is 2. The molecule has 0 saturated carbocycles. The number of pyridine rings is 1. The average Bonchev–Trinajstić information content (AvgIpc) is 2.42. The van der Waals surface area contributed by atoms with Crippen molar-refractivity contribution in [3.05, 3.63) is 33.2 Å². The van der Waals surface area contributed by atoms with E-state index in [1.165, 1.54) is 10.6 Å². The van der Waals surface area contributed by atoms with Crippen LogP contribution in [0.25, 0.3) is 0 Å². The molecule has 1 amide bonds. The van der Waals surface area contributed by atoms with Crippen LogP contribution >= 0.6 is 28.3 Å². The van der Waals surface area contributed by atoms with Crippen LogP contribution in [0.1, 0.15) is 26.2 Å². The summed E-state index contributed by atoms with van der Waals surface area (Å²) >= 11 is 3.31. The summed E-state index contributed by atoms with van der Waals surface area (Å²) in [5.41, 5.74) is 5.80. The molecule has 2 N–H and O–H groups in total. The van der Waals surface area contributed by atoms with Gasteiger partial charge in [0.05, 0.1) is 0 Å². The molecule has 1 aliphatic rings. The predicted octanol–water partition coefficient (Wildman–Crippen LogP) is 1.76. The number of hydrogen-bond donors (Lipinski definition) is 1. The molecule has 0 spiro atoms. The third-order valence-corrected chi connectivity index (χ3v) is 4.20. The van der Waals surface area contributed by atoms with E-state index in [1.807, 2.05) is 11.8 Å². The fraction of sp³-hybridized carbons (Fsp3) is 0.571. The summed E-state index contributed by atoms with van der Waals surface area (Å²) in [6.07, 6.45) is 4.69. The van der Waals surface area contributed by atoms with Crippen LogP contribution < -0.4 is 11.3 Å². The number of carbonyl (C=O) groups is 1. The fourth-order valence-corrected chi connectivity index (χ4v) is 3.06. The Morgan fingerprint density at radius 3 is 2.86 bits per heavy atom. The minimum Gasteiger partial charge on any atom is -0.337 e. The molecule has 1 fully saturated rings. The lowest BCUT2D eigenvalue weighted by molar-refractivity contribution is -0.136. The van der Waals surface area contributed by atoms with Gasteiger partial charge in [0.25, 0.3) is 5.56 Å². The van der Waals surface area contributed by atoms with E-state index in [9.17, 15) is 9.59 Å². The third-order valence-electron chi connectivity index (χ3n) is 3.73. The molecule has 2 heterocycles. The molecule has 0 bridgehead atoms. The van der Waals surface area contributed by atoms with Crippen LogP contribution in [0, 0.1) is 0 Å². The van der Waals surface area contributed by atoms with Crippen molar-refractivity contribution in [3.63, 3.8) is 0 Å². The molecule has 1 aliphatic heterocycles. The maximum Gasteiger partial charge on any atom is 0.251 e. The molecular formula is C14H21BrClN3O2. The van der Waals surface area contributed by atoms with E-state index in [1.54, 1.807) is 12.3 Å². The molecule has 0 radical (unpaired) electrons. The molecular weight excluding hydrogens is 358 g/mol. The first-order chi connectivity index (χ1) is 9.49. The zero-order chi connectivity index (χ0) is 14.7. The molecule has 7 heteroatoms. The Balaban J connectivity index is 0.00000220. The summed E-state index contributed by atoms with van der Waals surface area (Å²) in [6, 6.07) is 3.17. The fourth-order valence-electron chi connectivity index (χ4n) is 2.68. The monoisotopic (exact) mass is 377 g/mol. The first-order valence-corrected chi connectivity index (χ1v) is 7.69. The first kappa shape index (κ1) is 18.2. The lowest BCUT2D eigenvalue weighted by atomic mass is 9.97. The van der Waals surface area contributed by atoms with Crippen LogP contribution in [0.15, 0.2) is 27.6 Å². The van der Waals surface area contributed by atoms with Gasteiger partial charge in [0, 0.05) is 35.4 Å². The normalized spacial score (nSPS) is 19.8. The van der Waals surface area contributed by atoms with Gasteiger partial charge in [0.15, 0.2) is 0 Å². The summed E-state index contributed by atoms with van der Waals surface area (Å²) in [7, 11) is 0. The van der Waals surface area contributed by atoms with Gasteiger partial charge >= 0.3 is 0 Å². The summed E-state index contributed by atoms with van der Waals surface area (Å²) in [5.74, 6) is -0.0350. The molecule has 2 unspecified atom stereocenters. The highest BCUT2D eigenvalue weighted by atomic mass is 79.9. The SMILES string of the molecule is CC(N)C1CCCCN1C(=O)Cn1cc(Br)ccc1=O.Cl. The van der Waals surface area contributed by atoms with Gasteiger partial charge in [-0.05, 0) is 48.2 Å². The topological polar surface area (TPSA) is 68.3 Å². The van der Waals surface area contributed by atoms with E-state index in [4.69, 9.17) is 5.73 Å². The van der Waals surface area contributed by atoms with Gasteiger partial charge in [-0.2, -0.15) is 0 Å². The summed E-state index contributed by atoms with van der Waals surface area (Å²) in [4.78, 5) is 26.0. The number of rotatable bonds is 3. The zero-order valence-electron chi connectivity index (χ0n) is 12.0. The lowest BCUT2D eigenvalue weighted by Gasteiger charge is -2.38. The highest BCUT2D eigenvalue weighted by Gasteiger charge is 2.29. The molecule has 118 valence electrons. The molecule has 2 rings (SSSR count). The van der Waals surface area contributed by atoms with Gasteiger partial charge in [0.1, 0.15) is 6.54 Å². The average molecular weight is 379 g/mol. The van der Waals surface area contributed by atoms with E-state index in [0.29, 0.717) is 0 Å². The molecule has 0 aliphatic carbocycles. The van der Waals surface area contributed by atoms with Gasteiger partial charge in [-0.15, -0.1) is 12.4 Å². The van der Waals surface area contributed by atoms with Crippen molar-refractivity contribution in [1.82, 2.24) is 9.47 Å². The van der Waals surface area contributed by atoms with Gasteiger partial charge < -0.3 is 15.2 Å². The second-order valence-corrected chi connectivity index (χ2v) is 6.24. The Kier molecular flexibility index (Phi) is 6.90. The number of carbonyl (C=O) groups excluding carboxylic acids is 1. The van der Waals surface area contributed by atoms with Gasteiger partial charge in [0.2, 0.25) is 5.91 Å². The second-order valence-electron chi connectivity index (χ2n) is 5.32. The molecule has 1 saturated heterocycles. The van der Waals surface area contributed by atoms with E-state index < -0.39 is 0 Å². The number of piperidine rings is 1. The molecule has 1 aromatic rings. The lowest BCUT2D eigenvalue weighted by Crippen LogP contribution is -2.52. The summed E-state index contributed by atoms with van der Waals surface area (Å²) < 4.78 is 2.21. The Morgan fingerprint density at radius 2 is 2.19 bits per heavy atom. The molecule has 21 heavy (non-hydrogen) atoms. The van der Waals surface area contributed by atoms with Crippen LogP contribution in [-0.4, -0.2) is 34.0 Å². The molecule has 1 aromatic heterocycles. The zero-order valence-corrected chi connectivity index (χ0v) is 14.4. The molecule has 2 atom stereocenters. The Bertz CT molecular complexity index is 547. The minimum absolute atomic E-state index is 0. The minimum atomic E-state index is -0.170. The highest BCUT2D eigenvalue weighted by Crippen LogP contribution is 2.19. The van der Waals surface area contributed by atoms with Gasteiger partial charge in [-0.3, -0.25) is 9.59 Å². The van der Waals surface area contributed by atoms with Crippen LogP contribution in [0.3, 0.4) is 0 Å². The largest absolute Gasteiger partial charge is 0.337 e. The number of nitrogens with two attached hydrogens (primary N) is 1. The van der Waals surface area contributed by atoms with Gasteiger partial charge in [-0.1, -0.05) is 0 Å². The maximum atomic E-state index is 12.4. The van der Waals surface area contributed by atoms with Crippen molar-refractivity contribution >= 4 is 34.2 Å². The van der Waals surface area contributed by atoms with Crippen LogP contribution in [0.5, 0.6) is 0 Å². The molecule has 0 aromatic carbocycles. The van der Waals surface area contributed by atoms with E-state index in [-0.39, 0.29) is 42.5 Å². The quantitative estimate of drug-likeness (QED) is 0.871.